The number of aliphatic imine (C=N–C) groups is 1. The van der Waals surface area contributed by atoms with Crippen molar-refractivity contribution in [1.29, 1.82) is 0 Å². The first-order valence-corrected chi connectivity index (χ1v) is 3.89. The summed E-state index contributed by atoms with van der Waals surface area (Å²) in [6.45, 7) is 0.0301. The predicted molar refractivity (Wildman–Crippen MR) is 34.5 cm³/mol. The van der Waals surface area contributed by atoms with E-state index in [4.69, 9.17) is 5.73 Å². The molecule has 1 aliphatic heterocycles. The van der Waals surface area contributed by atoms with Crippen LogP contribution in [0, 0.1) is 0 Å². The molecule has 5 heteroatoms. The molecule has 50 valence electrons. The Morgan fingerprint density at radius 2 is 2.33 bits per heavy atom. The first-order chi connectivity index (χ1) is 4.17. The Bertz CT molecular complexity index is 262. The molecule has 0 saturated carbocycles. The Hall–Kier alpha value is -0.680. The number of rotatable bonds is 1. The standard InChI is InChI=1S/C4H6N2O2S/c5-1-4-2-6-3-9(4,7)8/h2-3H,1,5H2. The topological polar surface area (TPSA) is 72.5 Å². The van der Waals surface area contributed by atoms with Gasteiger partial charge in [0.05, 0.1) is 4.91 Å². The van der Waals surface area contributed by atoms with Gasteiger partial charge in [0.15, 0.2) is 0 Å². The fraction of sp³-hybridized carbons (Fsp3) is 0.250. The van der Waals surface area contributed by atoms with Crippen molar-refractivity contribution in [2.45, 2.75) is 0 Å². The van der Waals surface area contributed by atoms with Crippen LogP contribution >= 0.6 is 0 Å². The summed E-state index contributed by atoms with van der Waals surface area (Å²) < 4.78 is 21.4. The minimum Gasteiger partial charge on any atom is -0.326 e. The van der Waals surface area contributed by atoms with Crippen LogP contribution in [0.5, 0.6) is 0 Å². The molecule has 0 aromatic rings. The van der Waals surface area contributed by atoms with Gasteiger partial charge in [-0.1, -0.05) is 0 Å². The third-order valence-corrected chi connectivity index (χ3v) is 2.39. The van der Waals surface area contributed by atoms with Gasteiger partial charge >= 0.3 is 0 Å². The first-order valence-electron chi connectivity index (χ1n) is 2.34. The minimum absolute atomic E-state index is 0.0301. The summed E-state index contributed by atoms with van der Waals surface area (Å²) in [7, 11) is -3.19. The molecule has 0 spiro atoms. The molecule has 0 unspecified atom stereocenters. The molecule has 1 heterocycles. The van der Waals surface area contributed by atoms with Gasteiger partial charge in [0.1, 0.15) is 5.55 Å². The van der Waals surface area contributed by atoms with Gasteiger partial charge in [-0.25, -0.2) is 8.42 Å². The number of nitrogens with zero attached hydrogens (tertiary/aromatic N) is 1. The maximum Gasteiger partial charge on any atom is 0.215 e. The quantitative estimate of drug-likeness (QED) is 0.528. The molecule has 1 aliphatic rings. The van der Waals surface area contributed by atoms with Crippen LogP contribution in [0.25, 0.3) is 0 Å². The minimum atomic E-state index is -3.19. The van der Waals surface area contributed by atoms with Crippen LogP contribution in [0.2, 0.25) is 0 Å². The molecule has 0 aliphatic carbocycles. The van der Waals surface area contributed by atoms with Gasteiger partial charge in [0, 0.05) is 12.7 Å². The van der Waals surface area contributed by atoms with E-state index in [2.05, 4.69) is 4.99 Å². The van der Waals surface area contributed by atoms with Crippen LogP contribution in [-0.2, 0) is 9.84 Å². The smallest absolute Gasteiger partial charge is 0.215 e. The van der Waals surface area contributed by atoms with Gasteiger partial charge in [-0.3, -0.25) is 4.99 Å². The summed E-state index contributed by atoms with van der Waals surface area (Å²) in [5.74, 6) is 0. The van der Waals surface area contributed by atoms with E-state index in [1.165, 1.54) is 6.20 Å². The van der Waals surface area contributed by atoms with Crippen molar-refractivity contribution in [2.75, 3.05) is 6.54 Å². The van der Waals surface area contributed by atoms with Crippen molar-refractivity contribution in [3.63, 3.8) is 0 Å². The lowest BCUT2D eigenvalue weighted by molar-refractivity contribution is 0.613. The summed E-state index contributed by atoms with van der Waals surface area (Å²) in [5, 5.41) is 0. The van der Waals surface area contributed by atoms with E-state index in [-0.39, 0.29) is 11.4 Å². The van der Waals surface area contributed by atoms with Crippen LogP contribution in [0.4, 0.5) is 0 Å². The van der Waals surface area contributed by atoms with Crippen molar-refractivity contribution in [1.82, 2.24) is 0 Å². The van der Waals surface area contributed by atoms with Crippen molar-refractivity contribution in [3.05, 3.63) is 11.1 Å². The monoisotopic (exact) mass is 146 g/mol. The van der Waals surface area contributed by atoms with E-state index in [1.54, 1.807) is 0 Å². The molecule has 4 nitrogen and oxygen atoms in total. The highest BCUT2D eigenvalue weighted by Gasteiger charge is 2.16. The third-order valence-electron chi connectivity index (χ3n) is 0.985. The number of sulfone groups is 1. The van der Waals surface area contributed by atoms with E-state index in [9.17, 15) is 8.42 Å². The summed E-state index contributed by atoms with van der Waals surface area (Å²) in [6, 6.07) is 0. The van der Waals surface area contributed by atoms with Gasteiger partial charge in [0.2, 0.25) is 9.84 Å². The molecular weight excluding hydrogens is 140 g/mol. The van der Waals surface area contributed by atoms with Crippen molar-refractivity contribution in [3.8, 4) is 0 Å². The SMILES string of the molecule is NCC1=CN=CS1(=O)=O. The zero-order valence-corrected chi connectivity index (χ0v) is 5.43. The molecule has 0 amide bonds. The van der Waals surface area contributed by atoms with Gasteiger partial charge in [-0.2, -0.15) is 0 Å². The van der Waals surface area contributed by atoms with Crippen molar-refractivity contribution < 1.29 is 8.42 Å². The largest absolute Gasteiger partial charge is 0.326 e. The van der Waals surface area contributed by atoms with Crippen molar-refractivity contribution >= 4 is 15.4 Å². The Balaban J connectivity index is 3.07. The molecule has 0 bridgehead atoms. The van der Waals surface area contributed by atoms with Crippen molar-refractivity contribution in [2.24, 2.45) is 10.7 Å². The highest BCUT2D eigenvalue weighted by atomic mass is 32.2. The molecular formula is C4H6N2O2S. The molecule has 0 atom stereocenters. The summed E-state index contributed by atoms with van der Waals surface area (Å²) in [4.78, 5) is 3.62. The van der Waals surface area contributed by atoms with Crippen LogP contribution < -0.4 is 5.73 Å². The summed E-state index contributed by atoms with van der Waals surface area (Å²) >= 11 is 0. The fourth-order valence-electron chi connectivity index (χ4n) is 0.504. The molecule has 0 aromatic heterocycles. The Morgan fingerprint density at radius 3 is 2.56 bits per heavy atom. The van der Waals surface area contributed by atoms with Gasteiger partial charge < -0.3 is 5.73 Å². The zero-order valence-electron chi connectivity index (χ0n) is 4.61. The number of hydrogen-bond donors (Lipinski definition) is 1. The van der Waals surface area contributed by atoms with Crippen LogP contribution in [0.1, 0.15) is 0 Å². The maximum absolute atomic E-state index is 10.7. The summed E-state index contributed by atoms with van der Waals surface area (Å²) in [5.41, 5.74) is 5.98. The molecule has 9 heavy (non-hydrogen) atoms. The van der Waals surface area contributed by atoms with Gasteiger partial charge in [-0.05, 0) is 0 Å². The number of nitrogens with two attached hydrogens (primary N) is 1. The van der Waals surface area contributed by atoms with Gasteiger partial charge in [0.25, 0.3) is 0 Å². The Morgan fingerprint density at radius 1 is 1.67 bits per heavy atom. The van der Waals surface area contributed by atoms with E-state index >= 15 is 0 Å². The fourth-order valence-corrected chi connectivity index (χ4v) is 1.30. The lowest BCUT2D eigenvalue weighted by atomic mass is 10.6. The molecule has 0 fully saturated rings. The molecule has 2 N–H and O–H groups in total. The lowest BCUT2D eigenvalue weighted by Crippen LogP contribution is -2.10. The highest BCUT2D eigenvalue weighted by molar-refractivity contribution is 8.08. The normalized spacial score (nSPS) is 22.1. The highest BCUT2D eigenvalue weighted by Crippen LogP contribution is 2.08. The van der Waals surface area contributed by atoms with Gasteiger partial charge in [-0.15, -0.1) is 0 Å². The average molecular weight is 146 g/mol. The first kappa shape index (κ1) is 6.44. The Labute approximate surface area is 53.0 Å². The third kappa shape index (κ3) is 1.01. The van der Waals surface area contributed by atoms with E-state index < -0.39 is 9.84 Å². The number of hydrogen-bond acceptors (Lipinski definition) is 4. The van der Waals surface area contributed by atoms with Crippen LogP contribution in [0.15, 0.2) is 16.1 Å². The maximum atomic E-state index is 10.7. The molecule has 0 radical (unpaired) electrons. The molecule has 0 aromatic carbocycles. The van der Waals surface area contributed by atoms with Crippen LogP contribution in [-0.4, -0.2) is 20.5 Å². The van der Waals surface area contributed by atoms with E-state index in [0.29, 0.717) is 0 Å². The molecule has 0 saturated heterocycles. The second kappa shape index (κ2) is 1.93. The predicted octanol–water partition coefficient (Wildman–Crippen LogP) is -0.757. The summed E-state index contributed by atoms with van der Waals surface area (Å²) in [6.07, 6.45) is 1.26. The van der Waals surface area contributed by atoms with Crippen LogP contribution in [0.3, 0.4) is 0 Å². The molecule has 1 rings (SSSR count). The average Bonchev–Trinajstić information content (AvgIpc) is 2.08. The van der Waals surface area contributed by atoms with E-state index in [0.717, 1.165) is 5.55 Å². The lowest BCUT2D eigenvalue weighted by Gasteiger charge is -1.91. The van der Waals surface area contributed by atoms with E-state index in [1.807, 2.05) is 0 Å². The second-order valence-corrected chi connectivity index (χ2v) is 3.42. The Kier molecular flexibility index (Phi) is 1.38. The zero-order chi connectivity index (χ0) is 6.91. The second-order valence-electron chi connectivity index (χ2n) is 1.60.